The van der Waals surface area contributed by atoms with Gasteiger partial charge in [-0.15, -0.1) is 0 Å². The van der Waals surface area contributed by atoms with Gasteiger partial charge < -0.3 is 9.13 Å². The van der Waals surface area contributed by atoms with Gasteiger partial charge in [0.05, 0.1) is 45.3 Å². The van der Waals surface area contributed by atoms with Crippen LogP contribution in [-0.4, -0.2) is 9.13 Å². The Morgan fingerprint density at radius 2 is 0.938 bits per heavy atom. The number of hydrogen-bond donors (Lipinski definition) is 0. The van der Waals surface area contributed by atoms with Crippen LogP contribution < -0.4 is 0 Å². The highest BCUT2D eigenvalue weighted by atomic mass is 15.0. The van der Waals surface area contributed by atoms with Crippen LogP contribution in [0.1, 0.15) is 11.1 Å². The van der Waals surface area contributed by atoms with Crippen LogP contribution in [0.5, 0.6) is 0 Å². The topological polar surface area (TPSA) is 57.4 Å². The van der Waals surface area contributed by atoms with Crippen molar-refractivity contribution >= 4 is 43.6 Å². The molecule has 0 atom stereocenters. The number of nitrogens with zero attached hydrogens (tertiary/aromatic N) is 4. The van der Waals surface area contributed by atoms with E-state index in [1.807, 2.05) is 18.2 Å². The van der Waals surface area contributed by atoms with E-state index in [0.29, 0.717) is 11.1 Å². The van der Waals surface area contributed by atoms with E-state index in [1.165, 1.54) is 5.39 Å². The van der Waals surface area contributed by atoms with Gasteiger partial charge in [0.2, 0.25) is 0 Å². The van der Waals surface area contributed by atoms with Crippen LogP contribution in [0.15, 0.2) is 158 Å². The van der Waals surface area contributed by atoms with Crippen LogP contribution in [0.2, 0.25) is 0 Å². The SMILES string of the molecule is N#Cc1ccc(-c2cc3c(cc2-c2ccc4c(c2)c2ccccc2n4-c2ccccc2)c2ccccc2n3-c2ccccc2)c(C#N)c1. The minimum absolute atomic E-state index is 0.464. The Kier molecular flexibility index (Phi) is 6.22. The Labute approximate surface area is 277 Å². The van der Waals surface area contributed by atoms with Crippen molar-refractivity contribution in [3.8, 4) is 45.8 Å². The van der Waals surface area contributed by atoms with Crippen molar-refractivity contribution in [2.45, 2.75) is 0 Å². The molecule has 9 aromatic rings. The number of hydrogen-bond acceptors (Lipinski definition) is 2. The molecule has 0 bridgehead atoms. The highest BCUT2D eigenvalue weighted by molar-refractivity contribution is 6.14. The zero-order chi connectivity index (χ0) is 32.2. The van der Waals surface area contributed by atoms with Crippen molar-refractivity contribution in [3.05, 3.63) is 169 Å². The molecular weight excluding hydrogens is 585 g/mol. The molecule has 0 saturated heterocycles. The van der Waals surface area contributed by atoms with E-state index in [0.717, 1.165) is 71.9 Å². The number of fused-ring (bicyclic) bond motifs is 6. The molecule has 0 unspecified atom stereocenters. The first-order valence-corrected chi connectivity index (χ1v) is 15.9. The van der Waals surface area contributed by atoms with Crippen molar-refractivity contribution in [1.82, 2.24) is 9.13 Å². The summed E-state index contributed by atoms with van der Waals surface area (Å²) in [6.45, 7) is 0. The van der Waals surface area contributed by atoms with Crippen molar-refractivity contribution in [3.63, 3.8) is 0 Å². The molecule has 48 heavy (non-hydrogen) atoms. The Balaban J connectivity index is 1.39. The van der Waals surface area contributed by atoms with Gasteiger partial charge in [0.1, 0.15) is 0 Å². The minimum atomic E-state index is 0.464. The van der Waals surface area contributed by atoms with E-state index < -0.39 is 0 Å². The third-order valence-corrected chi connectivity index (χ3v) is 9.38. The Hall–Kier alpha value is -6.88. The average molecular weight is 611 g/mol. The molecule has 4 heteroatoms. The lowest BCUT2D eigenvalue weighted by molar-refractivity contribution is 1.18. The fourth-order valence-corrected chi connectivity index (χ4v) is 7.27. The van der Waals surface area contributed by atoms with Crippen molar-refractivity contribution in [2.24, 2.45) is 0 Å². The van der Waals surface area contributed by atoms with Gasteiger partial charge in [0.15, 0.2) is 0 Å². The zero-order valence-electron chi connectivity index (χ0n) is 25.8. The van der Waals surface area contributed by atoms with Gasteiger partial charge >= 0.3 is 0 Å². The van der Waals surface area contributed by atoms with Crippen molar-refractivity contribution in [2.75, 3.05) is 0 Å². The van der Waals surface area contributed by atoms with Gasteiger partial charge in [-0.05, 0) is 89.5 Å². The van der Waals surface area contributed by atoms with E-state index in [4.69, 9.17) is 0 Å². The number of nitriles is 2. The maximum absolute atomic E-state index is 10.3. The molecule has 4 nitrogen and oxygen atoms in total. The molecule has 0 fully saturated rings. The first-order valence-electron chi connectivity index (χ1n) is 15.9. The van der Waals surface area contributed by atoms with E-state index >= 15 is 0 Å². The van der Waals surface area contributed by atoms with Gasteiger partial charge in [0, 0.05) is 38.5 Å². The minimum Gasteiger partial charge on any atom is -0.309 e. The molecule has 7 aromatic carbocycles. The van der Waals surface area contributed by atoms with Gasteiger partial charge in [0.25, 0.3) is 0 Å². The maximum Gasteiger partial charge on any atom is 0.0998 e. The summed E-state index contributed by atoms with van der Waals surface area (Å²) >= 11 is 0. The monoisotopic (exact) mass is 610 g/mol. The van der Waals surface area contributed by atoms with Gasteiger partial charge in [-0.3, -0.25) is 0 Å². The molecule has 2 aromatic heterocycles. The van der Waals surface area contributed by atoms with Crippen LogP contribution in [-0.2, 0) is 0 Å². The van der Waals surface area contributed by atoms with E-state index in [-0.39, 0.29) is 0 Å². The second-order valence-corrected chi connectivity index (χ2v) is 12.0. The van der Waals surface area contributed by atoms with Crippen LogP contribution in [0.3, 0.4) is 0 Å². The summed E-state index contributed by atoms with van der Waals surface area (Å²) in [7, 11) is 0. The normalized spacial score (nSPS) is 11.3. The fourth-order valence-electron chi connectivity index (χ4n) is 7.27. The lowest BCUT2D eigenvalue weighted by Gasteiger charge is -2.15. The van der Waals surface area contributed by atoms with Gasteiger partial charge in [-0.2, -0.15) is 10.5 Å². The lowest BCUT2D eigenvalue weighted by atomic mass is 9.89. The Morgan fingerprint density at radius 1 is 0.375 bits per heavy atom. The molecule has 0 amide bonds. The smallest absolute Gasteiger partial charge is 0.0998 e. The fraction of sp³-hybridized carbons (Fsp3) is 0. The van der Waals surface area contributed by atoms with E-state index in [2.05, 4.69) is 149 Å². The molecule has 0 spiro atoms. The maximum atomic E-state index is 10.3. The summed E-state index contributed by atoms with van der Waals surface area (Å²) in [5.74, 6) is 0. The average Bonchev–Trinajstić information content (AvgIpc) is 3.66. The quantitative estimate of drug-likeness (QED) is 0.199. The molecular formula is C44H26N4. The second kappa shape index (κ2) is 10.9. The molecule has 2 heterocycles. The lowest BCUT2D eigenvalue weighted by Crippen LogP contribution is -1.95. The van der Waals surface area contributed by atoms with Crippen LogP contribution >= 0.6 is 0 Å². The Bertz CT molecular complexity index is 2790. The first kappa shape index (κ1) is 27.4. The number of aromatic nitrogens is 2. The summed E-state index contributed by atoms with van der Waals surface area (Å²) in [4.78, 5) is 0. The first-order chi connectivity index (χ1) is 23.7. The van der Waals surface area contributed by atoms with Crippen molar-refractivity contribution in [1.29, 1.82) is 10.5 Å². The molecule has 0 aliphatic rings. The summed E-state index contributed by atoms with van der Waals surface area (Å²) in [5.41, 5.74) is 11.4. The highest BCUT2D eigenvalue weighted by Crippen LogP contribution is 2.43. The predicted octanol–water partition coefficient (Wildman–Crippen LogP) is 11.0. The van der Waals surface area contributed by atoms with Gasteiger partial charge in [-0.1, -0.05) is 84.9 Å². The molecule has 0 radical (unpaired) electrons. The molecule has 0 aliphatic heterocycles. The van der Waals surface area contributed by atoms with Crippen LogP contribution in [0.25, 0.3) is 77.2 Å². The third-order valence-electron chi connectivity index (χ3n) is 9.38. The molecule has 0 N–H and O–H groups in total. The molecule has 0 saturated carbocycles. The highest BCUT2D eigenvalue weighted by Gasteiger charge is 2.20. The zero-order valence-corrected chi connectivity index (χ0v) is 25.8. The summed E-state index contributed by atoms with van der Waals surface area (Å²) in [6.07, 6.45) is 0. The standard InChI is InChI=1S/C44H26N4/c45-27-29-19-21-34(31(23-29)28-46)38-26-44-40(36-16-8-10-18-42(36)48(44)33-13-5-2-6-14-33)25-37(38)30-20-22-43-39(24-30)35-15-7-9-17-41(35)47(43)32-11-3-1-4-12-32/h1-26H. The number of para-hydroxylation sites is 4. The summed E-state index contributed by atoms with van der Waals surface area (Å²) < 4.78 is 4.62. The van der Waals surface area contributed by atoms with E-state index in [9.17, 15) is 10.5 Å². The predicted molar refractivity (Wildman–Crippen MR) is 195 cm³/mol. The largest absolute Gasteiger partial charge is 0.309 e. The molecule has 222 valence electrons. The summed E-state index contributed by atoms with van der Waals surface area (Å²) in [6, 6.07) is 59.1. The Morgan fingerprint density at radius 3 is 1.56 bits per heavy atom. The van der Waals surface area contributed by atoms with Crippen LogP contribution in [0.4, 0.5) is 0 Å². The van der Waals surface area contributed by atoms with Gasteiger partial charge in [-0.25, -0.2) is 0 Å². The molecule has 9 rings (SSSR count). The second-order valence-electron chi connectivity index (χ2n) is 12.0. The summed E-state index contributed by atoms with van der Waals surface area (Å²) in [5, 5.41) is 24.6. The third kappa shape index (κ3) is 4.14. The van der Waals surface area contributed by atoms with Crippen molar-refractivity contribution < 1.29 is 0 Å². The van der Waals surface area contributed by atoms with E-state index in [1.54, 1.807) is 12.1 Å². The molecule has 0 aliphatic carbocycles. The van der Waals surface area contributed by atoms with Crippen LogP contribution in [0, 0.1) is 22.7 Å². The number of rotatable bonds is 4. The number of benzene rings is 7.